The first-order valence-corrected chi connectivity index (χ1v) is 5.92. The van der Waals surface area contributed by atoms with Crippen LogP contribution in [0.1, 0.15) is 21.5 Å². The number of nitrogen functional groups attached to an aromatic ring is 1. The molecule has 0 fully saturated rings. The quantitative estimate of drug-likeness (QED) is 0.829. The Balaban J connectivity index is 2.42. The van der Waals surface area contributed by atoms with E-state index in [4.69, 9.17) is 16.2 Å². The number of carbonyl (C=O) groups is 1. The standard InChI is InChI=1S/C15H16N2O2/c1-9-3-5-12(15(17)18)14(7-9)19-13-6-4-11(16)8-10(13)2/h3-8H,16H2,1-2H3,(H2,17,18). The summed E-state index contributed by atoms with van der Waals surface area (Å²) in [5, 5.41) is 0. The molecule has 2 aromatic rings. The van der Waals surface area contributed by atoms with E-state index in [0.29, 0.717) is 22.7 Å². The fourth-order valence-electron chi connectivity index (χ4n) is 1.82. The molecule has 2 rings (SSSR count). The van der Waals surface area contributed by atoms with Crippen LogP contribution in [0.15, 0.2) is 36.4 Å². The summed E-state index contributed by atoms with van der Waals surface area (Å²) in [5.41, 5.74) is 14.0. The van der Waals surface area contributed by atoms with Gasteiger partial charge in [0.1, 0.15) is 11.5 Å². The van der Waals surface area contributed by atoms with Gasteiger partial charge in [0.25, 0.3) is 5.91 Å². The second kappa shape index (κ2) is 5.02. The van der Waals surface area contributed by atoms with Gasteiger partial charge in [-0.15, -0.1) is 0 Å². The zero-order valence-electron chi connectivity index (χ0n) is 10.9. The summed E-state index contributed by atoms with van der Waals surface area (Å²) in [6.07, 6.45) is 0. The SMILES string of the molecule is Cc1ccc(C(N)=O)c(Oc2ccc(N)cc2C)c1. The molecule has 0 unspecified atom stereocenters. The van der Waals surface area contributed by atoms with Crippen molar-refractivity contribution in [2.75, 3.05) is 5.73 Å². The average Bonchev–Trinajstić information content (AvgIpc) is 2.32. The van der Waals surface area contributed by atoms with Gasteiger partial charge in [-0.3, -0.25) is 4.79 Å². The molecule has 0 atom stereocenters. The predicted molar refractivity (Wildman–Crippen MR) is 75.4 cm³/mol. The van der Waals surface area contributed by atoms with Gasteiger partial charge < -0.3 is 16.2 Å². The van der Waals surface area contributed by atoms with Crippen LogP contribution in [0.5, 0.6) is 11.5 Å². The lowest BCUT2D eigenvalue weighted by molar-refractivity contribution is 0.0998. The summed E-state index contributed by atoms with van der Waals surface area (Å²) < 4.78 is 5.78. The van der Waals surface area contributed by atoms with Crippen molar-refractivity contribution in [1.29, 1.82) is 0 Å². The van der Waals surface area contributed by atoms with Crippen molar-refractivity contribution in [3.63, 3.8) is 0 Å². The molecule has 0 saturated carbocycles. The summed E-state index contributed by atoms with van der Waals surface area (Å²) in [6, 6.07) is 10.6. The normalized spacial score (nSPS) is 10.2. The lowest BCUT2D eigenvalue weighted by Crippen LogP contribution is -2.12. The highest BCUT2D eigenvalue weighted by Gasteiger charge is 2.11. The van der Waals surface area contributed by atoms with E-state index in [2.05, 4.69) is 0 Å². The summed E-state index contributed by atoms with van der Waals surface area (Å²) in [6.45, 7) is 3.82. The number of aryl methyl sites for hydroxylation is 2. The van der Waals surface area contributed by atoms with Crippen molar-refractivity contribution >= 4 is 11.6 Å². The zero-order valence-corrected chi connectivity index (χ0v) is 10.9. The monoisotopic (exact) mass is 256 g/mol. The molecule has 0 spiro atoms. The van der Waals surface area contributed by atoms with Crippen molar-refractivity contribution in [3.8, 4) is 11.5 Å². The molecule has 4 heteroatoms. The van der Waals surface area contributed by atoms with Crippen molar-refractivity contribution in [1.82, 2.24) is 0 Å². The van der Waals surface area contributed by atoms with Crippen LogP contribution < -0.4 is 16.2 Å². The molecule has 2 aromatic carbocycles. The van der Waals surface area contributed by atoms with Crippen LogP contribution in [0.2, 0.25) is 0 Å². The molecule has 0 bridgehead atoms. The van der Waals surface area contributed by atoms with E-state index < -0.39 is 5.91 Å². The van der Waals surface area contributed by atoms with Crippen LogP contribution in [0, 0.1) is 13.8 Å². The van der Waals surface area contributed by atoms with E-state index in [1.807, 2.05) is 26.0 Å². The molecule has 0 radical (unpaired) electrons. The Morgan fingerprint density at radius 2 is 1.79 bits per heavy atom. The predicted octanol–water partition coefficient (Wildman–Crippen LogP) is 2.78. The first kappa shape index (κ1) is 13.0. The van der Waals surface area contributed by atoms with Crippen LogP contribution in [-0.2, 0) is 0 Å². The number of carbonyl (C=O) groups excluding carboxylic acids is 1. The third-order valence-corrected chi connectivity index (χ3v) is 2.82. The topological polar surface area (TPSA) is 78.3 Å². The van der Waals surface area contributed by atoms with Crippen molar-refractivity contribution < 1.29 is 9.53 Å². The number of nitrogens with two attached hydrogens (primary N) is 2. The highest BCUT2D eigenvalue weighted by molar-refractivity contribution is 5.95. The van der Waals surface area contributed by atoms with Gasteiger partial charge in [-0.1, -0.05) is 6.07 Å². The smallest absolute Gasteiger partial charge is 0.252 e. The molecule has 0 aromatic heterocycles. The van der Waals surface area contributed by atoms with Crippen LogP contribution in [0.25, 0.3) is 0 Å². The van der Waals surface area contributed by atoms with Crippen LogP contribution in [-0.4, -0.2) is 5.91 Å². The number of hydrogen-bond donors (Lipinski definition) is 2. The summed E-state index contributed by atoms with van der Waals surface area (Å²) in [5.74, 6) is 0.603. The minimum Gasteiger partial charge on any atom is -0.456 e. The van der Waals surface area contributed by atoms with Crippen LogP contribution in [0.3, 0.4) is 0 Å². The molecule has 0 aliphatic heterocycles. The Bertz CT molecular complexity index is 636. The van der Waals surface area contributed by atoms with Gasteiger partial charge in [-0.25, -0.2) is 0 Å². The van der Waals surface area contributed by atoms with Crippen molar-refractivity contribution in [2.24, 2.45) is 5.73 Å². The maximum Gasteiger partial charge on any atom is 0.252 e. The molecule has 0 heterocycles. The second-order valence-corrected chi connectivity index (χ2v) is 4.49. The lowest BCUT2D eigenvalue weighted by Gasteiger charge is -2.12. The van der Waals surface area contributed by atoms with Gasteiger partial charge in [0.2, 0.25) is 0 Å². The Hall–Kier alpha value is -2.49. The highest BCUT2D eigenvalue weighted by atomic mass is 16.5. The van der Waals surface area contributed by atoms with Gasteiger partial charge in [-0.05, 0) is 55.3 Å². The summed E-state index contributed by atoms with van der Waals surface area (Å²) >= 11 is 0. The third kappa shape index (κ3) is 2.85. The summed E-state index contributed by atoms with van der Waals surface area (Å²) in [7, 11) is 0. The molecule has 0 saturated heterocycles. The molecule has 4 nitrogen and oxygen atoms in total. The molecule has 1 amide bonds. The van der Waals surface area contributed by atoms with Gasteiger partial charge in [0.15, 0.2) is 0 Å². The fourth-order valence-corrected chi connectivity index (χ4v) is 1.82. The molecule has 98 valence electrons. The van der Waals surface area contributed by atoms with E-state index in [-0.39, 0.29) is 0 Å². The largest absolute Gasteiger partial charge is 0.456 e. The first-order valence-electron chi connectivity index (χ1n) is 5.92. The summed E-state index contributed by atoms with van der Waals surface area (Å²) in [4.78, 5) is 11.4. The maximum absolute atomic E-state index is 11.4. The minimum absolute atomic E-state index is 0.363. The number of benzene rings is 2. The number of anilines is 1. The van der Waals surface area contributed by atoms with E-state index in [1.165, 1.54) is 0 Å². The zero-order chi connectivity index (χ0) is 14.0. The molecular weight excluding hydrogens is 240 g/mol. The van der Waals surface area contributed by atoms with E-state index >= 15 is 0 Å². The minimum atomic E-state index is -0.511. The number of ether oxygens (including phenoxy) is 1. The number of hydrogen-bond acceptors (Lipinski definition) is 3. The number of primary amides is 1. The molecule has 0 aliphatic carbocycles. The Labute approximate surface area is 112 Å². The molecule has 0 aliphatic rings. The Morgan fingerprint density at radius 1 is 1.05 bits per heavy atom. The van der Waals surface area contributed by atoms with Gasteiger partial charge in [0.05, 0.1) is 5.56 Å². The average molecular weight is 256 g/mol. The van der Waals surface area contributed by atoms with E-state index in [0.717, 1.165) is 11.1 Å². The van der Waals surface area contributed by atoms with Gasteiger partial charge in [0, 0.05) is 5.69 Å². The highest BCUT2D eigenvalue weighted by Crippen LogP contribution is 2.29. The first-order chi connectivity index (χ1) is 8.97. The molecule has 19 heavy (non-hydrogen) atoms. The Kier molecular flexibility index (Phi) is 3.42. The van der Waals surface area contributed by atoms with Crippen molar-refractivity contribution in [2.45, 2.75) is 13.8 Å². The van der Waals surface area contributed by atoms with Crippen LogP contribution >= 0.6 is 0 Å². The maximum atomic E-state index is 11.4. The van der Waals surface area contributed by atoms with Gasteiger partial charge >= 0.3 is 0 Å². The number of rotatable bonds is 3. The second-order valence-electron chi connectivity index (χ2n) is 4.49. The third-order valence-electron chi connectivity index (χ3n) is 2.82. The van der Waals surface area contributed by atoms with E-state index in [1.54, 1.807) is 24.3 Å². The molecular formula is C15H16N2O2. The lowest BCUT2D eigenvalue weighted by atomic mass is 10.1. The molecule has 4 N–H and O–H groups in total. The fraction of sp³-hybridized carbons (Fsp3) is 0.133. The van der Waals surface area contributed by atoms with E-state index in [9.17, 15) is 4.79 Å². The Morgan fingerprint density at radius 3 is 2.42 bits per heavy atom. The van der Waals surface area contributed by atoms with Gasteiger partial charge in [-0.2, -0.15) is 0 Å². The number of amides is 1. The van der Waals surface area contributed by atoms with Crippen LogP contribution in [0.4, 0.5) is 5.69 Å². The van der Waals surface area contributed by atoms with Crippen molar-refractivity contribution in [3.05, 3.63) is 53.1 Å².